The van der Waals surface area contributed by atoms with E-state index in [1.54, 1.807) is 6.92 Å². The average molecular weight is 262 g/mol. The topological polar surface area (TPSA) is 103 Å². The molecule has 102 valence electrons. The van der Waals surface area contributed by atoms with Crippen molar-refractivity contribution in [2.45, 2.75) is 33.1 Å². The van der Waals surface area contributed by atoms with Crippen molar-refractivity contribution in [2.75, 3.05) is 17.6 Å². The molecule has 3 N–H and O–H groups in total. The fraction of sp³-hybridized carbons (Fsp3) is 0.500. The molecule has 0 atom stereocenters. The molecule has 0 bridgehead atoms. The quantitative estimate of drug-likeness (QED) is 0.810. The second kappa shape index (κ2) is 6.12. The van der Waals surface area contributed by atoms with Crippen molar-refractivity contribution in [3.63, 3.8) is 0 Å². The molecule has 0 fully saturated rings. The van der Waals surface area contributed by atoms with Gasteiger partial charge in [0.25, 0.3) is 0 Å². The minimum Gasteiger partial charge on any atom is -0.383 e. The van der Waals surface area contributed by atoms with E-state index in [-0.39, 0.29) is 0 Å². The summed E-state index contributed by atoms with van der Waals surface area (Å²) in [5.41, 5.74) is 6.83. The lowest BCUT2D eigenvalue weighted by atomic mass is 10.1. The van der Waals surface area contributed by atoms with Crippen LogP contribution in [0.1, 0.15) is 30.6 Å². The third-order valence-electron chi connectivity index (χ3n) is 2.68. The molecule has 0 spiro atoms. The first-order chi connectivity index (χ1) is 9.20. The number of nitrogens with one attached hydrogen (secondary N) is 1. The van der Waals surface area contributed by atoms with Gasteiger partial charge in [-0.1, -0.05) is 18.5 Å². The van der Waals surface area contributed by atoms with Crippen LogP contribution in [-0.4, -0.2) is 26.7 Å². The Morgan fingerprint density at radius 1 is 1.32 bits per heavy atom. The summed E-state index contributed by atoms with van der Waals surface area (Å²) in [4.78, 5) is 12.4. The van der Waals surface area contributed by atoms with E-state index < -0.39 is 0 Å². The highest BCUT2D eigenvalue weighted by molar-refractivity contribution is 5.54. The number of aromatic nitrogens is 4. The van der Waals surface area contributed by atoms with Crippen molar-refractivity contribution in [1.82, 2.24) is 20.1 Å². The number of nitrogens with zero attached hydrogens (tertiary/aromatic N) is 4. The minimum absolute atomic E-state index is 0.535. The highest BCUT2D eigenvalue weighted by Crippen LogP contribution is 2.18. The largest absolute Gasteiger partial charge is 0.383 e. The predicted octanol–water partition coefficient (Wildman–Crippen LogP) is 1.36. The van der Waals surface area contributed by atoms with Crippen molar-refractivity contribution in [2.24, 2.45) is 0 Å². The van der Waals surface area contributed by atoms with Crippen LogP contribution in [0.25, 0.3) is 0 Å². The van der Waals surface area contributed by atoms with Gasteiger partial charge in [0.2, 0.25) is 5.89 Å². The van der Waals surface area contributed by atoms with Crippen molar-refractivity contribution in [3.8, 4) is 0 Å². The first-order valence-electron chi connectivity index (χ1n) is 6.33. The maximum atomic E-state index is 5.86. The zero-order valence-electron chi connectivity index (χ0n) is 11.2. The van der Waals surface area contributed by atoms with Crippen molar-refractivity contribution in [1.29, 1.82) is 0 Å². The molecule has 2 rings (SSSR count). The Hall–Kier alpha value is -2.18. The molecule has 7 nitrogen and oxygen atoms in total. The van der Waals surface area contributed by atoms with E-state index in [4.69, 9.17) is 10.3 Å². The summed E-state index contributed by atoms with van der Waals surface area (Å²) < 4.78 is 5.05. The Labute approximate surface area is 111 Å². The minimum atomic E-state index is 0.535. The monoisotopic (exact) mass is 262 g/mol. The van der Waals surface area contributed by atoms with Gasteiger partial charge in [0.05, 0.1) is 0 Å². The summed E-state index contributed by atoms with van der Waals surface area (Å²) in [5, 5.41) is 6.98. The molecule has 0 aromatic carbocycles. The van der Waals surface area contributed by atoms with E-state index in [9.17, 15) is 0 Å². The van der Waals surface area contributed by atoms with Crippen LogP contribution in [0.4, 0.5) is 11.6 Å². The molecule has 0 radical (unpaired) electrons. The van der Waals surface area contributed by atoms with Gasteiger partial charge >= 0.3 is 0 Å². The van der Waals surface area contributed by atoms with Crippen LogP contribution in [0.3, 0.4) is 0 Å². The smallest absolute Gasteiger partial charge is 0.228 e. The van der Waals surface area contributed by atoms with Crippen molar-refractivity contribution >= 4 is 11.6 Å². The molecule has 0 aliphatic carbocycles. The van der Waals surface area contributed by atoms with E-state index in [2.05, 4.69) is 32.3 Å². The van der Waals surface area contributed by atoms with Crippen LogP contribution in [0.15, 0.2) is 10.9 Å². The molecule has 2 aromatic rings. The fourth-order valence-corrected chi connectivity index (χ4v) is 1.80. The molecule has 7 heteroatoms. The Morgan fingerprint density at radius 3 is 2.84 bits per heavy atom. The van der Waals surface area contributed by atoms with Gasteiger partial charge in [-0.15, -0.1) is 0 Å². The predicted molar refractivity (Wildman–Crippen MR) is 71.7 cm³/mol. The first-order valence-corrected chi connectivity index (χ1v) is 6.33. The Morgan fingerprint density at radius 2 is 2.16 bits per heavy atom. The molecular weight excluding hydrogens is 244 g/mol. The highest BCUT2D eigenvalue weighted by Gasteiger charge is 2.08. The number of nitrogens with two attached hydrogens (primary N) is 1. The molecule has 2 heterocycles. The van der Waals surface area contributed by atoms with Crippen LogP contribution in [-0.2, 0) is 12.8 Å². The fourth-order valence-electron chi connectivity index (χ4n) is 1.80. The van der Waals surface area contributed by atoms with Gasteiger partial charge in [-0.2, -0.15) is 4.98 Å². The Balaban J connectivity index is 1.97. The van der Waals surface area contributed by atoms with E-state index in [1.807, 2.05) is 0 Å². The van der Waals surface area contributed by atoms with Gasteiger partial charge in [-0.25, -0.2) is 9.97 Å². The first kappa shape index (κ1) is 13.3. The van der Waals surface area contributed by atoms with Gasteiger partial charge in [-0.05, 0) is 13.3 Å². The molecule has 2 aromatic heterocycles. The summed E-state index contributed by atoms with van der Waals surface area (Å²) in [6, 6.07) is 0. The second-order valence-electron chi connectivity index (χ2n) is 4.25. The van der Waals surface area contributed by atoms with Crippen molar-refractivity contribution < 1.29 is 4.52 Å². The lowest BCUT2D eigenvalue weighted by Gasteiger charge is -2.10. The molecular formula is C12H18N6O. The standard InChI is InChI=1S/C12H18N6O/c1-3-4-9-11(13)15-7-16-12(9)14-6-5-10-17-8(2)18-19-10/h7H,3-6H2,1-2H3,(H3,13,14,15,16). The maximum Gasteiger partial charge on any atom is 0.228 e. The molecule has 0 unspecified atom stereocenters. The molecule has 19 heavy (non-hydrogen) atoms. The van der Waals surface area contributed by atoms with Crippen LogP contribution >= 0.6 is 0 Å². The van der Waals surface area contributed by atoms with Crippen LogP contribution in [0.5, 0.6) is 0 Å². The zero-order chi connectivity index (χ0) is 13.7. The Bertz CT molecular complexity index is 539. The van der Waals surface area contributed by atoms with Gasteiger partial charge in [-0.3, -0.25) is 0 Å². The lowest BCUT2D eigenvalue weighted by Crippen LogP contribution is -2.11. The van der Waals surface area contributed by atoms with E-state index in [0.29, 0.717) is 30.5 Å². The lowest BCUT2D eigenvalue weighted by molar-refractivity contribution is 0.377. The third kappa shape index (κ3) is 3.40. The molecule has 0 aliphatic rings. The number of hydrogen-bond donors (Lipinski definition) is 2. The average Bonchev–Trinajstić information content (AvgIpc) is 2.79. The van der Waals surface area contributed by atoms with E-state index >= 15 is 0 Å². The number of nitrogen functional groups attached to an aromatic ring is 1. The summed E-state index contributed by atoms with van der Waals surface area (Å²) in [5.74, 6) is 2.58. The summed E-state index contributed by atoms with van der Waals surface area (Å²) in [6.07, 6.45) is 3.97. The van der Waals surface area contributed by atoms with Gasteiger partial charge in [0, 0.05) is 18.5 Å². The summed E-state index contributed by atoms with van der Waals surface area (Å²) in [6.45, 7) is 4.55. The maximum absolute atomic E-state index is 5.86. The number of aryl methyl sites for hydroxylation is 1. The summed E-state index contributed by atoms with van der Waals surface area (Å²) in [7, 11) is 0. The number of rotatable bonds is 6. The van der Waals surface area contributed by atoms with Crippen LogP contribution in [0.2, 0.25) is 0 Å². The van der Waals surface area contributed by atoms with E-state index in [0.717, 1.165) is 24.2 Å². The number of hydrogen-bond acceptors (Lipinski definition) is 7. The van der Waals surface area contributed by atoms with Crippen molar-refractivity contribution in [3.05, 3.63) is 23.6 Å². The molecule has 0 amide bonds. The Kier molecular flexibility index (Phi) is 4.27. The van der Waals surface area contributed by atoms with E-state index in [1.165, 1.54) is 6.33 Å². The molecule has 0 aliphatic heterocycles. The number of anilines is 2. The third-order valence-corrected chi connectivity index (χ3v) is 2.68. The normalized spacial score (nSPS) is 10.6. The SMILES string of the molecule is CCCc1c(N)ncnc1NCCc1nc(C)no1. The molecule has 0 saturated carbocycles. The van der Waals surface area contributed by atoms with Gasteiger partial charge in [0.15, 0.2) is 5.82 Å². The molecule has 0 saturated heterocycles. The second-order valence-corrected chi connectivity index (χ2v) is 4.25. The highest BCUT2D eigenvalue weighted by atomic mass is 16.5. The zero-order valence-corrected chi connectivity index (χ0v) is 11.2. The van der Waals surface area contributed by atoms with Gasteiger partial charge in [0.1, 0.15) is 18.0 Å². The van der Waals surface area contributed by atoms with Gasteiger partial charge < -0.3 is 15.6 Å². The summed E-state index contributed by atoms with van der Waals surface area (Å²) >= 11 is 0. The van der Waals surface area contributed by atoms with Crippen LogP contribution < -0.4 is 11.1 Å². The van der Waals surface area contributed by atoms with Crippen LogP contribution in [0, 0.1) is 6.92 Å².